The summed E-state index contributed by atoms with van der Waals surface area (Å²) in [4.78, 5) is 39.2. The largest absolute Gasteiger partial charge is 0.496 e. The van der Waals surface area contributed by atoms with E-state index in [1.807, 2.05) is 19.9 Å². The van der Waals surface area contributed by atoms with Gasteiger partial charge in [0.25, 0.3) is 5.91 Å². The molecule has 0 aliphatic carbocycles. The molecule has 168 valence electrons. The minimum absolute atomic E-state index is 0.0661. The van der Waals surface area contributed by atoms with Gasteiger partial charge in [-0.3, -0.25) is 14.4 Å². The maximum absolute atomic E-state index is 12.8. The molecule has 1 rings (SSSR count). The summed E-state index contributed by atoms with van der Waals surface area (Å²) >= 11 is 0. The monoisotopic (exact) mass is 422 g/mol. The number of ether oxygens (including phenoxy) is 3. The molecular weight excluding hydrogens is 388 g/mol. The molecule has 0 aliphatic heterocycles. The van der Waals surface area contributed by atoms with E-state index in [9.17, 15) is 14.4 Å². The summed E-state index contributed by atoms with van der Waals surface area (Å²) in [6, 6.07) is 5.38. The Hall–Kier alpha value is -2.77. The van der Waals surface area contributed by atoms with Gasteiger partial charge in [-0.25, -0.2) is 0 Å². The number of anilines is 1. The summed E-state index contributed by atoms with van der Waals surface area (Å²) in [7, 11) is 2.73. The first-order valence-corrected chi connectivity index (χ1v) is 10.1. The van der Waals surface area contributed by atoms with Crippen molar-refractivity contribution in [1.29, 1.82) is 0 Å². The maximum Gasteiger partial charge on any atom is 0.311 e. The number of benzene rings is 1. The quantitative estimate of drug-likeness (QED) is 0.580. The molecule has 1 aromatic carbocycles. The lowest BCUT2D eigenvalue weighted by Crippen LogP contribution is -2.36. The van der Waals surface area contributed by atoms with Gasteiger partial charge in [0.15, 0.2) is 0 Å². The Labute approximate surface area is 178 Å². The Morgan fingerprint density at radius 2 is 1.73 bits per heavy atom. The molecule has 0 radical (unpaired) electrons. The molecule has 1 aromatic rings. The SMILES string of the molecule is CCN(CC)c1ccc(OC)c(C(=O)NC[C@H](CC(=O)OC(C)(C)C)C(=O)OC)c1. The highest BCUT2D eigenvalue weighted by Gasteiger charge is 2.27. The third-order valence-electron chi connectivity index (χ3n) is 4.43. The maximum atomic E-state index is 12.8. The lowest BCUT2D eigenvalue weighted by atomic mass is 10.0. The molecule has 0 unspecified atom stereocenters. The van der Waals surface area contributed by atoms with Gasteiger partial charge in [-0.2, -0.15) is 0 Å². The molecule has 0 heterocycles. The van der Waals surface area contributed by atoms with Crippen LogP contribution >= 0.6 is 0 Å². The van der Waals surface area contributed by atoms with Crippen molar-refractivity contribution in [1.82, 2.24) is 5.32 Å². The first-order chi connectivity index (χ1) is 14.1. The number of rotatable bonds is 10. The average molecular weight is 423 g/mol. The molecule has 30 heavy (non-hydrogen) atoms. The predicted molar refractivity (Wildman–Crippen MR) is 115 cm³/mol. The van der Waals surface area contributed by atoms with E-state index in [1.54, 1.807) is 32.9 Å². The van der Waals surface area contributed by atoms with Gasteiger partial charge in [-0.1, -0.05) is 0 Å². The molecule has 0 fully saturated rings. The van der Waals surface area contributed by atoms with Crippen LogP contribution in [0.2, 0.25) is 0 Å². The van der Waals surface area contributed by atoms with Crippen LogP contribution in [-0.4, -0.2) is 57.3 Å². The van der Waals surface area contributed by atoms with Crippen LogP contribution in [0.4, 0.5) is 5.69 Å². The number of hydrogen-bond donors (Lipinski definition) is 1. The van der Waals surface area contributed by atoms with Crippen LogP contribution in [0.1, 0.15) is 51.4 Å². The van der Waals surface area contributed by atoms with E-state index in [2.05, 4.69) is 10.2 Å². The summed E-state index contributed by atoms with van der Waals surface area (Å²) in [6.07, 6.45) is -0.194. The number of carbonyl (C=O) groups excluding carboxylic acids is 3. The van der Waals surface area contributed by atoms with E-state index in [0.29, 0.717) is 11.3 Å². The van der Waals surface area contributed by atoms with E-state index in [-0.39, 0.29) is 13.0 Å². The fourth-order valence-electron chi connectivity index (χ4n) is 2.96. The minimum atomic E-state index is -0.856. The Bertz CT molecular complexity index is 738. The molecule has 1 atom stereocenters. The second-order valence-electron chi connectivity index (χ2n) is 7.78. The lowest BCUT2D eigenvalue weighted by molar-refractivity contribution is -0.160. The third-order valence-corrected chi connectivity index (χ3v) is 4.43. The topological polar surface area (TPSA) is 94.2 Å². The Morgan fingerprint density at radius 1 is 1.10 bits per heavy atom. The Morgan fingerprint density at radius 3 is 2.23 bits per heavy atom. The van der Waals surface area contributed by atoms with E-state index in [0.717, 1.165) is 18.8 Å². The zero-order valence-electron chi connectivity index (χ0n) is 19.0. The molecule has 0 aliphatic rings. The molecule has 1 amide bonds. The van der Waals surface area contributed by atoms with Crippen LogP contribution in [0.5, 0.6) is 5.75 Å². The summed E-state index contributed by atoms with van der Waals surface area (Å²) in [5.74, 6) is -1.96. The van der Waals surface area contributed by atoms with Crippen LogP contribution in [-0.2, 0) is 19.1 Å². The lowest BCUT2D eigenvalue weighted by Gasteiger charge is -2.23. The van der Waals surface area contributed by atoms with Crippen LogP contribution in [0.3, 0.4) is 0 Å². The normalized spacial score (nSPS) is 12.0. The molecule has 0 saturated carbocycles. The van der Waals surface area contributed by atoms with Crippen molar-refractivity contribution in [2.24, 2.45) is 5.92 Å². The van der Waals surface area contributed by atoms with E-state index < -0.39 is 29.4 Å². The molecular formula is C22H34N2O6. The Balaban J connectivity index is 2.96. The van der Waals surface area contributed by atoms with Crippen molar-refractivity contribution < 1.29 is 28.6 Å². The van der Waals surface area contributed by atoms with Crippen molar-refractivity contribution in [2.75, 3.05) is 38.8 Å². The summed E-state index contributed by atoms with van der Waals surface area (Å²) < 4.78 is 15.4. The second kappa shape index (κ2) is 11.4. The van der Waals surface area contributed by atoms with Crippen LogP contribution < -0.4 is 15.0 Å². The van der Waals surface area contributed by atoms with Crippen molar-refractivity contribution in [3.63, 3.8) is 0 Å². The fraction of sp³-hybridized carbons (Fsp3) is 0.591. The van der Waals surface area contributed by atoms with E-state index in [4.69, 9.17) is 14.2 Å². The van der Waals surface area contributed by atoms with Crippen molar-refractivity contribution >= 4 is 23.5 Å². The summed E-state index contributed by atoms with van der Waals surface area (Å²) in [5.41, 5.74) is 0.575. The van der Waals surface area contributed by atoms with Gasteiger partial charge in [-0.05, 0) is 52.8 Å². The van der Waals surface area contributed by atoms with Crippen LogP contribution in [0.25, 0.3) is 0 Å². The summed E-state index contributed by atoms with van der Waals surface area (Å²) in [6.45, 7) is 10.8. The molecule has 8 nitrogen and oxygen atoms in total. The number of nitrogens with one attached hydrogen (secondary N) is 1. The van der Waals surface area contributed by atoms with E-state index >= 15 is 0 Å². The zero-order valence-corrected chi connectivity index (χ0v) is 19.0. The fourth-order valence-corrected chi connectivity index (χ4v) is 2.96. The van der Waals surface area contributed by atoms with Crippen molar-refractivity contribution in [3.8, 4) is 5.75 Å². The molecule has 1 N–H and O–H groups in total. The standard InChI is InChI=1S/C22H34N2O6/c1-8-24(9-2)16-10-11-18(28-6)17(13-16)20(26)23-14-15(21(27)29-7)12-19(25)30-22(3,4)5/h10-11,13,15H,8-9,12,14H2,1-7H3,(H,23,26)/t15-/m0/s1. The predicted octanol–water partition coefficient (Wildman–Crippen LogP) is 2.79. The molecule has 0 bridgehead atoms. The third kappa shape index (κ3) is 7.57. The van der Waals surface area contributed by atoms with Gasteiger partial charge in [0.1, 0.15) is 11.4 Å². The number of amides is 1. The highest BCUT2D eigenvalue weighted by atomic mass is 16.6. The molecule has 8 heteroatoms. The van der Waals surface area contributed by atoms with E-state index in [1.165, 1.54) is 14.2 Å². The number of methoxy groups -OCH3 is 2. The van der Waals surface area contributed by atoms with Gasteiger partial charge in [0.2, 0.25) is 0 Å². The van der Waals surface area contributed by atoms with Crippen LogP contribution in [0.15, 0.2) is 18.2 Å². The highest BCUT2D eigenvalue weighted by molar-refractivity contribution is 5.98. The van der Waals surface area contributed by atoms with Crippen LogP contribution in [0, 0.1) is 5.92 Å². The summed E-state index contributed by atoms with van der Waals surface area (Å²) in [5, 5.41) is 2.71. The number of esters is 2. The van der Waals surface area contributed by atoms with Gasteiger partial charge < -0.3 is 24.4 Å². The first kappa shape index (κ1) is 25.3. The van der Waals surface area contributed by atoms with Gasteiger partial charge in [0.05, 0.1) is 32.1 Å². The smallest absolute Gasteiger partial charge is 0.311 e. The molecule has 0 aromatic heterocycles. The first-order valence-electron chi connectivity index (χ1n) is 10.1. The van der Waals surface area contributed by atoms with Crippen molar-refractivity contribution in [2.45, 2.75) is 46.6 Å². The van der Waals surface area contributed by atoms with Gasteiger partial charge >= 0.3 is 11.9 Å². The zero-order chi connectivity index (χ0) is 22.9. The number of nitrogens with zero attached hydrogens (tertiary/aromatic N) is 1. The number of carbonyl (C=O) groups is 3. The minimum Gasteiger partial charge on any atom is -0.496 e. The highest BCUT2D eigenvalue weighted by Crippen LogP contribution is 2.25. The van der Waals surface area contributed by atoms with Gasteiger partial charge in [0, 0.05) is 25.3 Å². The van der Waals surface area contributed by atoms with Gasteiger partial charge in [-0.15, -0.1) is 0 Å². The molecule has 0 saturated heterocycles. The van der Waals surface area contributed by atoms with Crippen molar-refractivity contribution in [3.05, 3.63) is 23.8 Å². The second-order valence-corrected chi connectivity index (χ2v) is 7.78. The Kier molecular flexibility index (Phi) is 9.62. The molecule has 0 spiro atoms. The number of hydrogen-bond acceptors (Lipinski definition) is 7. The average Bonchev–Trinajstić information content (AvgIpc) is 2.69.